The Morgan fingerprint density at radius 2 is 2.25 bits per heavy atom. The van der Waals surface area contributed by atoms with Gasteiger partial charge >= 0.3 is 0 Å². The van der Waals surface area contributed by atoms with Crippen molar-refractivity contribution < 1.29 is 9.18 Å². The molecule has 64 valence electrons. The summed E-state index contributed by atoms with van der Waals surface area (Å²) in [7, 11) is 0. The van der Waals surface area contributed by atoms with Gasteiger partial charge in [0.05, 0.1) is 5.69 Å². The molecular weight excluding hydrogens is 272 g/mol. The molecule has 0 aromatic heterocycles. The topological polar surface area (TPSA) is 29.1 Å². The number of halogens is 2. The van der Waals surface area contributed by atoms with Crippen molar-refractivity contribution in [2.45, 2.75) is 6.92 Å². The number of amides is 1. The Bertz CT molecular complexity index is 314. The summed E-state index contributed by atoms with van der Waals surface area (Å²) in [5, 5.41) is 2.53. The molecule has 0 atom stereocenters. The third-order valence-corrected chi connectivity index (χ3v) is 2.18. The molecule has 0 aliphatic carbocycles. The lowest BCUT2D eigenvalue weighted by Gasteiger charge is -2.03. The van der Waals surface area contributed by atoms with Gasteiger partial charge in [0.15, 0.2) is 0 Å². The molecule has 0 fully saturated rings. The van der Waals surface area contributed by atoms with E-state index in [1.165, 1.54) is 19.1 Å². The van der Waals surface area contributed by atoms with Gasteiger partial charge < -0.3 is 5.32 Å². The number of anilines is 1. The smallest absolute Gasteiger partial charge is 0.221 e. The molecule has 1 aromatic rings. The van der Waals surface area contributed by atoms with Crippen molar-refractivity contribution in [2.75, 3.05) is 5.32 Å². The summed E-state index contributed by atoms with van der Waals surface area (Å²) >= 11 is 2.03. The zero-order valence-electron chi connectivity index (χ0n) is 6.40. The van der Waals surface area contributed by atoms with Gasteiger partial charge in [-0.2, -0.15) is 0 Å². The van der Waals surface area contributed by atoms with Gasteiger partial charge in [-0.1, -0.05) is 0 Å². The lowest BCUT2D eigenvalue weighted by atomic mass is 10.3. The summed E-state index contributed by atoms with van der Waals surface area (Å²) in [6.07, 6.45) is 0. The molecule has 0 heterocycles. The minimum absolute atomic E-state index is 0.196. The van der Waals surface area contributed by atoms with E-state index >= 15 is 0 Å². The van der Waals surface area contributed by atoms with Gasteiger partial charge in [0.25, 0.3) is 0 Å². The zero-order valence-corrected chi connectivity index (χ0v) is 8.55. The Morgan fingerprint density at radius 1 is 1.58 bits per heavy atom. The predicted octanol–water partition coefficient (Wildman–Crippen LogP) is 2.39. The van der Waals surface area contributed by atoms with Crippen molar-refractivity contribution in [3.63, 3.8) is 0 Å². The zero-order chi connectivity index (χ0) is 9.14. The molecule has 0 aliphatic heterocycles. The summed E-state index contributed by atoms with van der Waals surface area (Å²) in [6.45, 7) is 1.39. The molecular formula is C8H7FINO. The number of hydrogen-bond acceptors (Lipinski definition) is 1. The second-order valence-electron chi connectivity index (χ2n) is 2.31. The molecule has 0 saturated carbocycles. The molecule has 1 rings (SSSR count). The average Bonchev–Trinajstić information content (AvgIpc) is 1.96. The molecule has 0 aliphatic rings. The van der Waals surface area contributed by atoms with Crippen LogP contribution in [0, 0.1) is 9.39 Å². The lowest BCUT2D eigenvalue weighted by molar-refractivity contribution is -0.114. The van der Waals surface area contributed by atoms with E-state index in [1.807, 2.05) is 22.6 Å². The quantitative estimate of drug-likeness (QED) is 0.786. The van der Waals surface area contributed by atoms with Crippen LogP contribution in [0.15, 0.2) is 18.2 Å². The summed E-state index contributed by atoms with van der Waals surface area (Å²) in [5.74, 6) is -0.544. The van der Waals surface area contributed by atoms with Gasteiger partial charge in [-0.25, -0.2) is 4.39 Å². The van der Waals surface area contributed by atoms with Gasteiger partial charge in [-0.3, -0.25) is 4.79 Å². The predicted molar refractivity (Wildman–Crippen MR) is 53.4 cm³/mol. The first-order valence-electron chi connectivity index (χ1n) is 3.32. The van der Waals surface area contributed by atoms with Crippen molar-refractivity contribution in [3.05, 3.63) is 27.6 Å². The van der Waals surface area contributed by atoms with E-state index in [-0.39, 0.29) is 11.7 Å². The molecule has 12 heavy (non-hydrogen) atoms. The van der Waals surface area contributed by atoms with Crippen LogP contribution >= 0.6 is 22.6 Å². The maximum absolute atomic E-state index is 12.6. The highest BCUT2D eigenvalue weighted by atomic mass is 127. The van der Waals surface area contributed by atoms with Crippen molar-refractivity contribution in [1.82, 2.24) is 0 Å². The standard InChI is InChI=1S/C8H7FINO/c1-5(12)11-8-4-6(9)2-3-7(8)10/h2-4H,1H3,(H,11,12). The monoisotopic (exact) mass is 279 g/mol. The van der Waals surface area contributed by atoms with E-state index in [0.717, 1.165) is 3.57 Å². The van der Waals surface area contributed by atoms with Crippen LogP contribution in [0.2, 0.25) is 0 Å². The number of rotatable bonds is 1. The Kier molecular flexibility index (Phi) is 3.02. The number of hydrogen-bond donors (Lipinski definition) is 1. The fraction of sp³-hybridized carbons (Fsp3) is 0.125. The lowest BCUT2D eigenvalue weighted by Crippen LogP contribution is -2.07. The van der Waals surface area contributed by atoms with Crippen LogP contribution in [0.25, 0.3) is 0 Å². The molecule has 0 unspecified atom stereocenters. The third kappa shape index (κ3) is 2.44. The Labute approximate surface area is 83.3 Å². The summed E-state index contributed by atoms with van der Waals surface area (Å²) in [4.78, 5) is 10.6. The molecule has 0 bridgehead atoms. The molecule has 1 N–H and O–H groups in total. The minimum atomic E-state index is -0.348. The van der Waals surface area contributed by atoms with Gasteiger partial charge in [0.2, 0.25) is 5.91 Å². The van der Waals surface area contributed by atoms with Gasteiger partial charge in [-0.15, -0.1) is 0 Å². The van der Waals surface area contributed by atoms with Crippen LogP contribution in [0.4, 0.5) is 10.1 Å². The second kappa shape index (κ2) is 3.84. The highest BCUT2D eigenvalue weighted by molar-refractivity contribution is 14.1. The Hall–Kier alpha value is -0.650. The van der Waals surface area contributed by atoms with Crippen LogP contribution in [0.3, 0.4) is 0 Å². The SMILES string of the molecule is CC(=O)Nc1cc(F)ccc1I. The van der Waals surface area contributed by atoms with E-state index in [9.17, 15) is 9.18 Å². The van der Waals surface area contributed by atoms with Crippen LogP contribution < -0.4 is 5.32 Å². The number of nitrogens with one attached hydrogen (secondary N) is 1. The van der Waals surface area contributed by atoms with E-state index in [2.05, 4.69) is 5.32 Å². The Morgan fingerprint density at radius 3 is 2.83 bits per heavy atom. The highest BCUT2D eigenvalue weighted by Gasteiger charge is 2.01. The summed E-state index contributed by atoms with van der Waals surface area (Å²) in [6, 6.07) is 4.26. The molecule has 1 amide bonds. The first-order chi connectivity index (χ1) is 5.59. The average molecular weight is 279 g/mol. The van der Waals surface area contributed by atoms with Gasteiger partial charge in [-0.05, 0) is 40.8 Å². The van der Waals surface area contributed by atoms with Crippen molar-refractivity contribution in [2.24, 2.45) is 0 Å². The van der Waals surface area contributed by atoms with E-state index < -0.39 is 0 Å². The highest BCUT2D eigenvalue weighted by Crippen LogP contribution is 2.18. The van der Waals surface area contributed by atoms with E-state index in [1.54, 1.807) is 6.07 Å². The van der Waals surface area contributed by atoms with Crippen LogP contribution in [-0.2, 0) is 4.79 Å². The van der Waals surface area contributed by atoms with Crippen LogP contribution in [0.1, 0.15) is 6.92 Å². The fourth-order valence-electron chi connectivity index (χ4n) is 0.783. The number of carbonyl (C=O) groups excluding carboxylic acids is 1. The van der Waals surface area contributed by atoms with Crippen LogP contribution in [0.5, 0.6) is 0 Å². The number of carbonyl (C=O) groups is 1. The van der Waals surface area contributed by atoms with Gasteiger partial charge in [0.1, 0.15) is 5.82 Å². The molecule has 1 aromatic carbocycles. The fourth-order valence-corrected chi connectivity index (χ4v) is 1.25. The van der Waals surface area contributed by atoms with E-state index in [0.29, 0.717) is 5.69 Å². The van der Waals surface area contributed by atoms with Crippen LogP contribution in [-0.4, -0.2) is 5.91 Å². The number of benzene rings is 1. The minimum Gasteiger partial charge on any atom is -0.325 e. The molecule has 0 spiro atoms. The molecule has 0 radical (unpaired) electrons. The molecule has 2 nitrogen and oxygen atoms in total. The maximum atomic E-state index is 12.6. The summed E-state index contributed by atoms with van der Waals surface area (Å²) < 4.78 is 13.5. The largest absolute Gasteiger partial charge is 0.325 e. The maximum Gasteiger partial charge on any atom is 0.221 e. The second-order valence-corrected chi connectivity index (χ2v) is 3.47. The van der Waals surface area contributed by atoms with Gasteiger partial charge in [0, 0.05) is 10.5 Å². The third-order valence-electron chi connectivity index (χ3n) is 1.24. The van der Waals surface area contributed by atoms with E-state index in [4.69, 9.17) is 0 Å². The van der Waals surface area contributed by atoms with Crippen molar-refractivity contribution in [1.29, 1.82) is 0 Å². The van der Waals surface area contributed by atoms with Crippen molar-refractivity contribution >= 4 is 34.2 Å². The Balaban J connectivity index is 2.97. The first-order valence-corrected chi connectivity index (χ1v) is 4.40. The molecule has 0 saturated heterocycles. The summed E-state index contributed by atoms with van der Waals surface area (Å²) in [5.41, 5.74) is 0.517. The molecule has 4 heteroatoms. The van der Waals surface area contributed by atoms with Crippen molar-refractivity contribution in [3.8, 4) is 0 Å². The normalized spacial score (nSPS) is 9.58. The first kappa shape index (κ1) is 9.44.